The van der Waals surface area contributed by atoms with Gasteiger partial charge in [-0.05, 0) is 47.8 Å². The molecule has 2 rings (SSSR count). The van der Waals surface area contributed by atoms with Gasteiger partial charge in [0.2, 0.25) is 17.7 Å². The summed E-state index contributed by atoms with van der Waals surface area (Å²) in [5.41, 5.74) is 1.48. The number of nitrogens with zero attached hydrogens (tertiary/aromatic N) is 1. The largest absolute Gasteiger partial charge is 0.445 e. The maximum Gasteiger partial charge on any atom is 0.408 e. The summed E-state index contributed by atoms with van der Waals surface area (Å²) in [6, 6.07) is 9.36. The van der Waals surface area contributed by atoms with E-state index < -0.39 is 54.1 Å². The van der Waals surface area contributed by atoms with Crippen LogP contribution in [0.4, 0.5) is 4.79 Å². The smallest absolute Gasteiger partial charge is 0.408 e. The third kappa shape index (κ3) is 14.8. The Hall–Kier alpha value is -4.03. The molecule has 266 valence electrons. The van der Waals surface area contributed by atoms with E-state index in [9.17, 15) is 29.4 Å². The Morgan fingerprint density at radius 2 is 1.44 bits per heavy atom. The molecule has 0 bridgehead atoms. The van der Waals surface area contributed by atoms with Crippen LogP contribution in [0.3, 0.4) is 0 Å². The molecule has 0 fully saturated rings. The van der Waals surface area contributed by atoms with Gasteiger partial charge < -0.3 is 36.2 Å². The van der Waals surface area contributed by atoms with Gasteiger partial charge in [-0.2, -0.15) is 0 Å². The Balaban J connectivity index is 2.18. The van der Waals surface area contributed by atoms with Crippen molar-refractivity contribution in [2.75, 3.05) is 6.61 Å². The van der Waals surface area contributed by atoms with Crippen LogP contribution in [0.2, 0.25) is 0 Å². The minimum absolute atomic E-state index is 0.0110. The molecule has 48 heavy (non-hydrogen) atoms. The van der Waals surface area contributed by atoms with Crippen LogP contribution < -0.4 is 21.3 Å². The summed E-state index contributed by atoms with van der Waals surface area (Å²) in [6.07, 6.45) is 2.46. The van der Waals surface area contributed by atoms with E-state index in [0.717, 1.165) is 12.0 Å². The normalized spacial score (nSPS) is 15.0. The van der Waals surface area contributed by atoms with Crippen molar-refractivity contribution in [2.45, 2.75) is 111 Å². The lowest BCUT2D eigenvalue weighted by molar-refractivity contribution is -0.132. The monoisotopic (exact) mass is 669 g/mol. The van der Waals surface area contributed by atoms with E-state index in [1.807, 2.05) is 71.9 Å². The van der Waals surface area contributed by atoms with Gasteiger partial charge in [-0.25, -0.2) is 4.79 Å². The van der Waals surface area contributed by atoms with Crippen molar-refractivity contribution in [1.29, 1.82) is 0 Å². The van der Waals surface area contributed by atoms with Crippen molar-refractivity contribution in [1.82, 2.24) is 26.3 Å². The van der Waals surface area contributed by atoms with Gasteiger partial charge >= 0.3 is 6.09 Å². The highest BCUT2D eigenvalue weighted by Crippen LogP contribution is 2.15. The van der Waals surface area contributed by atoms with Gasteiger partial charge in [0.15, 0.2) is 0 Å². The van der Waals surface area contributed by atoms with Gasteiger partial charge in [0.1, 0.15) is 18.7 Å². The number of nitrogens with one attached hydrogen (secondary N) is 4. The molecule has 1 aromatic carbocycles. The van der Waals surface area contributed by atoms with Crippen molar-refractivity contribution in [3.63, 3.8) is 0 Å². The second-order valence-corrected chi connectivity index (χ2v) is 13.3. The molecule has 0 spiro atoms. The standard InChI is InChI=1S/C36H55N5O7/c1-7-25(6)31(21-42)38-33(44)19-32(43)28(16-23(2)3)39-34(45)29(17-24(4)5)40-35(46)30(18-27-14-11-15-37-20-27)41-36(47)48-22-26-12-9-8-10-13-26/h8-15,20,23-25,28-32,42-43H,7,16-19,21-22H2,1-6H3,(H,38,44)(H,39,45)(H,40,46)(H,41,47)/t25?,28?,29-,30-,31+,32?/m0/s1. The number of carbonyl (C=O) groups excluding carboxylic acids is 4. The highest BCUT2D eigenvalue weighted by molar-refractivity contribution is 5.91. The second-order valence-electron chi connectivity index (χ2n) is 13.3. The zero-order chi connectivity index (χ0) is 35.6. The first kappa shape index (κ1) is 40.1. The van der Waals surface area contributed by atoms with E-state index in [-0.39, 0.29) is 50.2 Å². The summed E-state index contributed by atoms with van der Waals surface area (Å²) in [7, 11) is 0. The van der Waals surface area contributed by atoms with Gasteiger partial charge in [0.05, 0.1) is 31.2 Å². The third-order valence-corrected chi connectivity index (χ3v) is 8.11. The molecular weight excluding hydrogens is 614 g/mol. The number of hydrogen-bond acceptors (Lipinski definition) is 8. The summed E-state index contributed by atoms with van der Waals surface area (Å²) in [6.45, 7) is 11.4. The number of benzene rings is 1. The summed E-state index contributed by atoms with van der Waals surface area (Å²) in [5, 5.41) is 31.9. The molecule has 0 aliphatic rings. The minimum Gasteiger partial charge on any atom is -0.445 e. The van der Waals surface area contributed by atoms with E-state index in [1.54, 1.807) is 24.5 Å². The fraction of sp³-hybridized carbons (Fsp3) is 0.583. The highest BCUT2D eigenvalue weighted by atomic mass is 16.5. The van der Waals surface area contributed by atoms with Crippen LogP contribution in [0.5, 0.6) is 0 Å². The van der Waals surface area contributed by atoms with Crippen molar-refractivity contribution in [2.24, 2.45) is 17.8 Å². The quantitative estimate of drug-likeness (QED) is 0.124. The number of rotatable bonds is 20. The molecule has 6 atom stereocenters. The highest BCUT2D eigenvalue weighted by Gasteiger charge is 2.32. The van der Waals surface area contributed by atoms with Gasteiger partial charge in [0, 0.05) is 18.8 Å². The summed E-state index contributed by atoms with van der Waals surface area (Å²) < 4.78 is 5.36. The third-order valence-electron chi connectivity index (χ3n) is 8.11. The predicted molar refractivity (Wildman–Crippen MR) is 183 cm³/mol. The van der Waals surface area contributed by atoms with E-state index in [0.29, 0.717) is 12.0 Å². The lowest BCUT2D eigenvalue weighted by Gasteiger charge is -2.30. The number of amides is 4. The van der Waals surface area contributed by atoms with E-state index >= 15 is 0 Å². The Bertz CT molecular complexity index is 1260. The lowest BCUT2D eigenvalue weighted by Crippen LogP contribution is -2.57. The first-order valence-electron chi connectivity index (χ1n) is 16.9. The first-order chi connectivity index (χ1) is 22.8. The molecule has 1 heterocycles. The van der Waals surface area contributed by atoms with Gasteiger partial charge in [-0.3, -0.25) is 19.4 Å². The number of pyridine rings is 1. The van der Waals surface area contributed by atoms with Crippen LogP contribution in [0.1, 0.15) is 78.4 Å². The first-order valence-corrected chi connectivity index (χ1v) is 16.9. The van der Waals surface area contributed by atoms with Crippen LogP contribution in [-0.2, 0) is 32.1 Å². The van der Waals surface area contributed by atoms with Crippen molar-refractivity contribution in [3.8, 4) is 0 Å². The molecular formula is C36H55N5O7. The van der Waals surface area contributed by atoms with Crippen LogP contribution >= 0.6 is 0 Å². The zero-order valence-corrected chi connectivity index (χ0v) is 29.1. The van der Waals surface area contributed by atoms with Crippen molar-refractivity contribution in [3.05, 3.63) is 66.0 Å². The van der Waals surface area contributed by atoms with Gasteiger partial charge in [0.25, 0.3) is 0 Å². The molecule has 1 aromatic heterocycles. The number of carbonyl (C=O) groups is 4. The Labute approximate surface area is 284 Å². The molecule has 0 aliphatic heterocycles. The Kier molecular flexibility index (Phi) is 17.6. The maximum absolute atomic E-state index is 13.7. The summed E-state index contributed by atoms with van der Waals surface area (Å²) in [5.74, 6) is -1.40. The van der Waals surface area contributed by atoms with Crippen LogP contribution in [0, 0.1) is 17.8 Å². The molecule has 12 nitrogen and oxygen atoms in total. The molecule has 12 heteroatoms. The Morgan fingerprint density at radius 3 is 2.02 bits per heavy atom. The fourth-order valence-electron chi connectivity index (χ4n) is 5.20. The number of hydrogen-bond donors (Lipinski definition) is 6. The minimum atomic E-state index is -1.21. The van der Waals surface area contributed by atoms with Crippen LogP contribution in [0.25, 0.3) is 0 Å². The molecule has 3 unspecified atom stereocenters. The van der Waals surface area contributed by atoms with Crippen molar-refractivity contribution < 1.29 is 34.1 Å². The topological polar surface area (TPSA) is 179 Å². The molecule has 0 saturated carbocycles. The fourth-order valence-corrected chi connectivity index (χ4v) is 5.20. The average Bonchev–Trinajstić information content (AvgIpc) is 3.05. The summed E-state index contributed by atoms with van der Waals surface area (Å²) in [4.78, 5) is 57.1. The van der Waals surface area contributed by atoms with Crippen LogP contribution in [0.15, 0.2) is 54.9 Å². The summed E-state index contributed by atoms with van der Waals surface area (Å²) >= 11 is 0. The number of aliphatic hydroxyl groups is 2. The van der Waals surface area contributed by atoms with Gasteiger partial charge in [-0.1, -0.05) is 84.4 Å². The van der Waals surface area contributed by atoms with Crippen molar-refractivity contribution >= 4 is 23.8 Å². The molecule has 0 aliphatic carbocycles. The van der Waals surface area contributed by atoms with Gasteiger partial charge in [-0.15, -0.1) is 0 Å². The molecule has 0 saturated heterocycles. The number of aliphatic hydroxyl groups excluding tert-OH is 2. The Morgan fingerprint density at radius 1 is 0.792 bits per heavy atom. The maximum atomic E-state index is 13.7. The second kappa shape index (κ2) is 21.0. The molecule has 2 aromatic rings. The lowest BCUT2D eigenvalue weighted by atomic mass is 9.95. The van der Waals surface area contributed by atoms with E-state index in [2.05, 4.69) is 26.3 Å². The predicted octanol–water partition coefficient (Wildman–Crippen LogP) is 3.26. The molecule has 0 radical (unpaired) electrons. The average molecular weight is 670 g/mol. The van der Waals surface area contributed by atoms with E-state index in [4.69, 9.17) is 4.74 Å². The van der Waals surface area contributed by atoms with E-state index in [1.165, 1.54) is 0 Å². The molecule has 6 N–H and O–H groups in total. The number of alkyl carbamates (subject to hydrolysis) is 1. The zero-order valence-electron chi connectivity index (χ0n) is 29.1. The van der Waals surface area contributed by atoms with Crippen LogP contribution in [-0.4, -0.2) is 75.9 Å². The SMILES string of the molecule is CCC(C)[C@@H](CO)NC(=O)CC(O)C(CC(C)C)NC(=O)[C@H](CC(C)C)NC(=O)[C@H](Cc1cccnc1)NC(=O)OCc1ccccc1. The number of aromatic nitrogens is 1. The molecule has 4 amide bonds. The number of ether oxygens (including phenoxy) is 1.